The van der Waals surface area contributed by atoms with Gasteiger partial charge in [-0.25, -0.2) is 19.2 Å². The molecule has 2 fully saturated rings. The number of nitrogens with zero attached hydrogens (tertiary/aromatic N) is 3. The third-order valence-corrected chi connectivity index (χ3v) is 15.4. The topological polar surface area (TPSA) is 212 Å². The van der Waals surface area contributed by atoms with Crippen molar-refractivity contribution in [3.63, 3.8) is 0 Å². The fourth-order valence-electron chi connectivity index (χ4n) is 11.3. The van der Waals surface area contributed by atoms with Gasteiger partial charge in [-0.1, -0.05) is 6.07 Å². The highest BCUT2D eigenvalue weighted by Gasteiger charge is 2.62. The zero-order valence-electron chi connectivity index (χ0n) is 43.8. The van der Waals surface area contributed by atoms with Crippen LogP contribution in [0.25, 0.3) is 0 Å². The van der Waals surface area contributed by atoms with E-state index in [1.54, 1.807) is 81.4 Å². The average Bonchev–Trinajstić information content (AvgIpc) is 3.77. The van der Waals surface area contributed by atoms with Gasteiger partial charge in [0, 0.05) is 46.6 Å². The number of thioether (sulfide) groups is 1. The predicted molar refractivity (Wildman–Crippen MR) is 264 cm³/mol. The van der Waals surface area contributed by atoms with Gasteiger partial charge in [0.2, 0.25) is 6.79 Å². The average molecular weight is 1030 g/mol. The highest BCUT2D eigenvalue weighted by atomic mass is 32.2. The van der Waals surface area contributed by atoms with Crippen LogP contribution in [0.2, 0.25) is 0 Å². The quantitative estimate of drug-likeness (QED) is 0.144. The summed E-state index contributed by atoms with van der Waals surface area (Å²) in [6, 6.07) is 4.50. The van der Waals surface area contributed by atoms with Gasteiger partial charge in [0.15, 0.2) is 40.0 Å². The minimum absolute atomic E-state index is 0.00909. The third-order valence-electron chi connectivity index (χ3n) is 13.9. The lowest BCUT2D eigenvalue weighted by Crippen LogP contribution is -2.69. The van der Waals surface area contributed by atoms with E-state index < -0.39 is 82.2 Å². The molecule has 1 spiro atoms. The van der Waals surface area contributed by atoms with Gasteiger partial charge in [0.1, 0.15) is 35.2 Å². The number of carbonyl (C=O) groups is 4. The van der Waals surface area contributed by atoms with Crippen LogP contribution >= 0.6 is 11.8 Å². The third kappa shape index (κ3) is 9.20. The highest BCUT2D eigenvalue weighted by molar-refractivity contribution is 7.99. The molecule has 4 bridgehead atoms. The summed E-state index contributed by atoms with van der Waals surface area (Å²) >= 11 is 1.40. The van der Waals surface area contributed by atoms with Gasteiger partial charge in [-0.3, -0.25) is 15.1 Å². The molecule has 3 aromatic rings. The maximum atomic E-state index is 15.3. The van der Waals surface area contributed by atoms with Crippen LogP contribution in [0.3, 0.4) is 0 Å². The van der Waals surface area contributed by atoms with Crippen LogP contribution in [0, 0.1) is 25.2 Å². The number of fused-ring (bicyclic) bond motifs is 9. The van der Waals surface area contributed by atoms with Gasteiger partial charge in [-0.2, -0.15) is 5.26 Å². The number of nitrogens with one attached hydrogen (secondary N) is 1. The molecule has 0 saturated carbocycles. The maximum absolute atomic E-state index is 15.3. The Hall–Kier alpha value is -6.14. The molecule has 0 radical (unpaired) electrons. The van der Waals surface area contributed by atoms with Crippen molar-refractivity contribution in [2.75, 3.05) is 47.0 Å². The van der Waals surface area contributed by atoms with Gasteiger partial charge in [0.25, 0.3) is 0 Å². The zero-order chi connectivity index (χ0) is 52.9. The largest absolute Gasteiger partial charge is 0.514 e. The number of likely N-dealkylation sites (N-methyl/N-ethyl adjacent to an activating group) is 1. The molecule has 0 amide bonds. The van der Waals surface area contributed by atoms with Crippen LogP contribution in [0.1, 0.15) is 124 Å². The number of hydrogen-bond donors (Lipinski definition) is 1. The first-order valence-corrected chi connectivity index (χ1v) is 25.4. The molecular weight excluding hydrogens is 965 g/mol. The van der Waals surface area contributed by atoms with Gasteiger partial charge in [-0.15, -0.1) is 11.8 Å². The number of rotatable bonds is 5. The summed E-state index contributed by atoms with van der Waals surface area (Å²) in [6.07, 6.45) is -1.99. The molecule has 0 aliphatic carbocycles. The van der Waals surface area contributed by atoms with Crippen molar-refractivity contribution in [2.24, 2.45) is 0 Å². The van der Waals surface area contributed by atoms with E-state index in [0.717, 1.165) is 5.56 Å². The van der Waals surface area contributed by atoms with Crippen LogP contribution < -0.4 is 38.5 Å². The van der Waals surface area contributed by atoms with Gasteiger partial charge in [0.05, 0.1) is 37.6 Å². The first-order valence-electron chi connectivity index (χ1n) is 24.3. The fraction of sp³-hybridized carbons (Fsp3) is 0.566. The molecule has 20 heteroatoms. The van der Waals surface area contributed by atoms with Crippen molar-refractivity contribution >= 4 is 36.2 Å². The normalized spacial score (nSPS) is 25.1. The van der Waals surface area contributed by atoms with Crippen molar-refractivity contribution in [3.8, 4) is 46.3 Å². The van der Waals surface area contributed by atoms with E-state index in [1.165, 1.54) is 26.0 Å². The van der Waals surface area contributed by atoms with Crippen molar-refractivity contribution in [1.82, 2.24) is 15.1 Å². The molecule has 10 rings (SSSR count). The van der Waals surface area contributed by atoms with Crippen molar-refractivity contribution < 1.29 is 71.3 Å². The zero-order valence-corrected chi connectivity index (χ0v) is 44.6. The Kier molecular flexibility index (Phi) is 13.2. The van der Waals surface area contributed by atoms with Crippen LogP contribution in [0.4, 0.5) is 14.4 Å². The lowest BCUT2D eigenvalue weighted by atomic mass is 9.71. The second kappa shape index (κ2) is 18.7. The molecule has 1 N–H and O–H groups in total. The first-order chi connectivity index (χ1) is 34.3. The Balaban J connectivity index is 1.29. The van der Waals surface area contributed by atoms with E-state index in [1.807, 2.05) is 20.0 Å². The summed E-state index contributed by atoms with van der Waals surface area (Å²) < 4.78 is 66.4. The Morgan fingerprint density at radius 1 is 0.781 bits per heavy atom. The fourth-order valence-corrected chi connectivity index (χ4v) is 12.9. The van der Waals surface area contributed by atoms with E-state index >= 15 is 4.79 Å². The molecule has 2 saturated heterocycles. The molecule has 0 aromatic heterocycles. The van der Waals surface area contributed by atoms with E-state index in [-0.39, 0.29) is 42.2 Å². The number of methoxy groups -OCH3 is 2. The number of carbonyl (C=O) groups excluding carboxylic acids is 4. The van der Waals surface area contributed by atoms with Crippen LogP contribution in [-0.4, -0.2) is 116 Å². The van der Waals surface area contributed by atoms with Gasteiger partial charge < -0.3 is 52.1 Å². The van der Waals surface area contributed by atoms with E-state index in [2.05, 4.69) is 21.2 Å². The standard InChI is InChI=1S/C53H64N4O15S/c1-25-17-28-18-30-31(21-54)57-32-22-64-46(58)53(29-20-33(62-13)34(19-27(29)15-16-55-53)67-47(59)70-50(3,4)5)23-73-45(37-36(32)43-42(65-24-66-43)26(2)41(37)68-48(60)71-51(6,7)8)39(57)38(56(30)12)35(28)44(40(25)63-14)69-49(61)72-52(9,10)11/h17,19-20,30-32,38-39,45,55H,15-16,18,22-24H2,1-14H3/t30-,31+,32-,38-,39?,45-,53-/m1/s1. The maximum Gasteiger partial charge on any atom is 0.514 e. The summed E-state index contributed by atoms with van der Waals surface area (Å²) in [5, 5.41) is 14.3. The summed E-state index contributed by atoms with van der Waals surface area (Å²) in [6.45, 7) is 19.2. The number of nitriles is 1. The lowest BCUT2D eigenvalue weighted by molar-refractivity contribution is -0.157. The second-order valence-electron chi connectivity index (χ2n) is 22.2. The monoisotopic (exact) mass is 1030 g/mol. The Bertz CT molecular complexity index is 2830. The summed E-state index contributed by atoms with van der Waals surface area (Å²) in [5.74, 6) is 1.08. The molecular formula is C53H64N4O15S. The number of hydrogen-bond acceptors (Lipinski definition) is 20. The van der Waals surface area contributed by atoms with Crippen LogP contribution in [0.15, 0.2) is 18.2 Å². The minimum atomic E-state index is -1.54. The summed E-state index contributed by atoms with van der Waals surface area (Å²) in [4.78, 5) is 60.4. The summed E-state index contributed by atoms with van der Waals surface area (Å²) in [5.41, 5.74) is 0.809. The lowest BCUT2D eigenvalue weighted by Gasteiger charge is -2.62. The molecule has 3 aromatic carbocycles. The Morgan fingerprint density at radius 3 is 2.03 bits per heavy atom. The molecule has 392 valence electrons. The second-order valence-corrected chi connectivity index (χ2v) is 23.3. The van der Waals surface area contributed by atoms with Crippen molar-refractivity contribution in [1.29, 1.82) is 5.26 Å². The summed E-state index contributed by atoms with van der Waals surface area (Å²) in [7, 11) is 4.90. The smallest absolute Gasteiger partial charge is 0.493 e. The SMILES string of the molecule is COc1cc2c(cc1OC(=O)OC(C)(C)C)CCN[C@]21CS[C@@H]2c3c(OC(=O)OC(C)(C)C)c(C)c4c(c3[C@@H](COC1=O)N1C2[C@H]2c3c(cc(C)c(OC)c3OC(=O)OC(C)(C)C)C[C@H]([C@@H]1C#N)N2C)OCO4. The molecule has 1 unspecified atom stereocenters. The molecule has 19 nitrogen and oxygen atoms in total. The highest BCUT2D eigenvalue weighted by Crippen LogP contribution is 2.65. The molecule has 7 aliphatic heterocycles. The number of benzene rings is 3. The number of esters is 1. The number of piperazine rings is 1. The Morgan fingerprint density at radius 2 is 1.41 bits per heavy atom. The van der Waals surface area contributed by atoms with Crippen molar-refractivity contribution in [2.45, 2.75) is 147 Å². The van der Waals surface area contributed by atoms with Crippen LogP contribution in [0.5, 0.6) is 40.2 Å². The van der Waals surface area contributed by atoms with Crippen molar-refractivity contribution in [3.05, 3.63) is 62.7 Å². The number of aryl methyl sites for hydroxylation is 1. The van der Waals surface area contributed by atoms with Crippen LogP contribution in [-0.2, 0) is 42.1 Å². The predicted octanol–water partition coefficient (Wildman–Crippen LogP) is 8.59. The molecule has 7 aliphatic rings. The number of ether oxygens (including phenoxy) is 11. The van der Waals surface area contributed by atoms with Gasteiger partial charge in [-0.05, 0) is 130 Å². The molecule has 73 heavy (non-hydrogen) atoms. The molecule has 7 atom stereocenters. The molecule has 7 heterocycles. The Labute approximate surface area is 429 Å². The van der Waals surface area contributed by atoms with E-state index in [9.17, 15) is 19.6 Å². The first kappa shape index (κ1) is 51.7. The minimum Gasteiger partial charge on any atom is -0.493 e. The van der Waals surface area contributed by atoms with E-state index in [0.29, 0.717) is 75.6 Å². The van der Waals surface area contributed by atoms with E-state index in [4.69, 9.17) is 52.1 Å². The van der Waals surface area contributed by atoms with Gasteiger partial charge >= 0.3 is 24.4 Å².